The van der Waals surface area contributed by atoms with Crippen LogP contribution >= 0.6 is 0 Å². The number of hydrogen-bond acceptors (Lipinski definition) is 2. The predicted molar refractivity (Wildman–Crippen MR) is 58.5 cm³/mol. The van der Waals surface area contributed by atoms with Crippen molar-refractivity contribution in [2.75, 3.05) is 26.2 Å². The highest BCUT2D eigenvalue weighted by molar-refractivity contribution is 5.82. The molecule has 13 heavy (non-hydrogen) atoms. The lowest BCUT2D eigenvalue weighted by Crippen LogP contribution is -2.20. The zero-order valence-electron chi connectivity index (χ0n) is 9.01. The highest BCUT2D eigenvalue weighted by Crippen LogP contribution is 2.21. The molecule has 74 valence electrons. The Morgan fingerprint density at radius 2 is 2.15 bits per heavy atom. The van der Waals surface area contributed by atoms with E-state index in [4.69, 9.17) is 0 Å². The predicted octanol–water partition coefficient (Wildman–Crippen LogP) is 2.12. The minimum atomic E-state index is 1.01. The van der Waals surface area contributed by atoms with Gasteiger partial charge in [0.05, 0.1) is 0 Å². The maximum Gasteiger partial charge on any atom is 0.0427 e. The maximum absolute atomic E-state index is 4.28. The lowest BCUT2D eigenvalue weighted by molar-refractivity contribution is 0.365. The average molecular weight is 180 g/mol. The Morgan fingerprint density at radius 1 is 1.38 bits per heavy atom. The Labute approximate surface area is 81.3 Å². The molecule has 0 amide bonds. The number of nitrogens with zero attached hydrogens (tertiary/aromatic N) is 2. The summed E-state index contributed by atoms with van der Waals surface area (Å²) in [5.41, 5.74) is 3.11. The van der Waals surface area contributed by atoms with Crippen LogP contribution in [0.15, 0.2) is 16.1 Å². The first-order chi connectivity index (χ1) is 6.40. The van der Waals surface area contributed by atoms with E-state index in [1.165, 1.54) is 25.1 Å². The summed E-state index contributed by atoms with van der Waals surface area (Å²) in [6, 6.07) is 0. The van der Waals surface area contributed by atoms with Crippen LogP contribution in [0.25, 0.3) is 0 Å². The molecule has 2 heteroatoms. The van der Waals surface area contributed by atoms with Gasteiger partial charge in [-0.1, -0.05) is 20.8 Å². The van der Waals surface area contributed by atoms with E-state index in [9.17, 15) is 0 Å². The fourth-order valence-electron chi connectivity index (χ4n) is 1.75. The lowest BCUT2D eigenvalue weighted by atomic mass is 10.1. The van der Waals surface area contributed by atoms with Crippen molar-refractivity contribution in [3.63, 3.8) is 0 Å². The molecule has 0 fully saturated rings. The Balaban J connectivity index is 0.000000396. The maximum atomic E-state index is 4.28. The zero-order valence-corrected chi connectivity index (χ0v) is 9.01. The van der Waals surface area contributed by atoms with Gasteiger partial charge in [0.1, 0.15) is 0 Å². The second-order valence-electron chi connectivity index (χ2n) is 3.22. The second-order valence-corrected chi connectivity index (χ2v) is 3.22. The summed E-state index contributed by atoms with van der Waals surface area (Å²) in [7, 11) is 0. The van der Waals surface area contributed by atoms with E-state index < -0.39 is 0 Å². The molecule has 0 atom stereocenters. The van der Waals surface area contributed by atoms with Crippen molar-refractivity contribution in [1.29, 1.82) is 0 Å². The van der Waals surface area contributed by atoms with Gasteiger partial charge in [-0.2, -0.15) is 0 Å². The second kappa shape index (κ2) is 5.18. The van der Waals surface area contributed by atoms with Gasteiger partial charge in [-0.05, 0) is 24.1 Å². The van der Waals surface area contributed by atoms with Crippen LogP contribution in [-0.4, -0.2) is 37.3 Å². The third-order valence-corrected chi connectivity index (χ3v) is 2.50. The van der Waals surface area contributed by atoms with Crippen LogP contribution in [0, 0.1) is 0 Å². The van der Waals surface area contributed by atoms with Crippen molar-refractivity contribution in [2.24, 2.45) is 4.99 Å². The van der Waals surface area contributed by atoms with Crippen LogP contribution in [0.1, 0.15) is 27.2 Å². The highest BCUT2D eigenvalue weighted by atomic mass is 15.1. The van der Waals surface area contributed by atoms with Crippen LogP contribution in [0.3, 0.4) is 0 Å². The van der Waals surface area contributed by atoms with Crippen LogP contribution in [0.2, 0.25) is 0 Å². The van der Waals surface area contributed by atoms with E-state index in [0.29, 0.717) is 0 Å². The number of rotatable bonds is 1. The van der Waals surface area contributed by atoms with Gasteiger partial charge in [0.2, 0.25) is 0 Å². The molecular weight excluding hydrogens is 160 g/mol. The Kier molecular flexibility index (Phi) is 4.16. The quantitative estimate of drug-likeness (QED) is 0.603. The monoisotopic (exact) mass is 180 g/mol. The standard InChI is InChI=1S/C9H14N2.C2H6/c1-2-11-6-8-3-4-10-5-9(8)7-11;1-2/h5H,2-4,6-7H2,1H3;1-2H3. The molecule has 0 aliphatic carbocycles. The van der Waals surface area contributed by atoms with E-state index in [0.717, 1.165) is 13.1 Å². The summed E-state index contributed by atoms with van der Waals surface area (Å²) < 4.78 is 0. The van der Waals surface area contributed by atoms with Crippen molar-refractivity contribution in [1.82, 2.24) is 4.90 Å². The first-order valence-corrected chi connectivity index (χ1v) is 5.33. The average Bonchev–Trinajstić information content (AvgIpc) is 2.63. The summed E-state index contributed by atoms with van der Waals surface area (Å²) in [5, 5.41) is 0. The van der Waals surface area contributed by atoms with Crippen LogP contribution < -0.4 is 0 Å². The van der Waals surface area contributed by atoms with Gasteiger partial charge in [-0.3, -0.25) is 9.89 Å². The summed E-state index contributed by atoms with van der Waals surface area (Å²) in [5.74, 6) is 0. The van der Waals surface area contributed by atoms with Crippen LogP contribution in [-0.2, 0) is 0 Å². The molecule has 0 N–H and O–H groups in total. The number of likely N-dealkylation sites (N-methyl/N-ethyl adjacent to an activating group) is 1. The first-order valence-electron chi connectivity index (χ1n) is 5.33. The van der Waals surface area contributed by atoms with Gasteiger partial charge >= 0.3 is 0 Å². The number of aliphatic imine (C=N–C) groups is 1. The molecule has 2 aliphatic heterocycles. The molecule has 0 saturated heterocycles. The van der Waals surface area contributed by atoms with Gasteiger partial charge in [-0.25, -0.2) is 0 Å². The van der Waals surface area contributed by atoms with Crippen molar-refractivity contribution in [3.05, 3.63) is 11.1 Å². The van der Waals surface area contributed by atoms with E-state index in [1.54, 1.807) is 5.57 Å². The van der Waals surface area contributed by atoms with Crippen molar-refractivity contribution in [3.8, 4) is 0 Å². The van der Waals surface area contributed by atoms with Crippen molar-refractivity contribution >= 4 is 6.21 Å². The van der Waals surface area contributed by atoms with Crippen LogP contribution in [0.5, 0.6) is 0 Å². The first kappa shape index (κ1) is 10.5. The van der Waals surface area contributed by atoms with Crippen molar-refractivity contribution in [2.45, 2.75) is 27.2 Å². The minimum absolute atomic E-state index is 1.01. The lowest BCUT2D eigenvalue weighted by Gasteiger charge is -2.11. The largest absolute Gasteiger partial charge is 0.295 e. The Bertz CT molecular complexity index is 216. The molecule has 0 radical (unpaired) electrons. The Hall–Kier alpha value is -0.630. The van der Waals surface area contributed by atoms with Gasteiger partial charge < -0.3 is 0 Å². The molecule has 0 saturated carbocycles. The molecule has 0 aromatic heterocycles. The highest BCUT2D eigenvalue weighted by Gasteiger charge is 2.20. The molecule has 2 heterocycles. The van der Waals surface area contributed by atoms with E-state index in [-0.39, 0.29) is 0 Å². The van der Waals surface area contributed by atoms with Gasteiger partial charge in [0, 0.05) is 25.8 Å². The number of dihydropyridines is 1. The molecule has 2 aliphatic rings. The Morgan fingerprint density at radius 3 is 2.77 bits per heavy atom. The van der Waals surface area contributed by atoms with Gasteiger partial charge in [-0.15, -0.1) is 0 Å². The summed E-state index contributed by atoms with van der Waals surface area (Å²) in [4.78, 5) is 6.74. The third kappa shape index (κ3) is 2.41. The topological polar surface area (TPSA) is 15.6 Å². The summed E-state index contributed by atoms with van der Waals surface area (Å²) in [6.45, 7) is 10.7. The van der Waals surface area contributed by atoms with Gasteiger partial charge in [0.25, 0.3) is 0 Å². The fourth-order valence-corrected chi connectivity index (χ4v) is 1.75. The van der Waals surface area contributed by atoms with E-state index >= 15 is 0 Å². The SMILES string of the molecule is CC.CCN1CC2=C(CCN=C2)C1. The third-order valence-electron chi connectivity index (χ3n) is 2.50. The number of hydrogen-bond donors (Lipinski definition) is 0. The molecular formula is C11H20N2. The molecule has 2 rings (SSSR count). The molecule has 2 nitrogen and oxygen atoms in total. The molecule has 0 aromatic carbocycles. The normalized spacial score (nSPS) is 21.2. The summed E-state index contributed by atoms with van der Waals surface area (Å²) >= 11 is 0. The molecule has 0 spiro atoms. The van der Waals surface area contributed by atoms with Crippen LogP contribution in [0.4, 0.5) is 0 Å². The fraction of sp³-hybridized carbons (Fsp3) is 0.727. The smallest absolute Gasteiger partial charge is 0.0427 e. The van der Waals surface area contributed by atoms with E-state index in [2.05, 4.69) is 23.0 Å². The van der Waals surface area contributed by atoms with E-state index in [1.807, 2.05) is 13.8 Å². The minimum Gasteiger partial charge on any atom is -0.295 e. The zero-order chi connectivity index (χ0) is 9.68. The van der Waals surface area contributed by atoms with Gasteiger partial charge in [0.15, 0.2) is 0 Å². The molecule has 0 unspecified atom stereocenters. The molecule has 0 aromatic rings. The van der Waals surface area contributed by atoms with Crippen molar-refractivity contribution < 1.29 is 0 Å². The summed E-state index contributed by atoms with van der Waals surface area (Å²) in [6.07, 6.45) is 3.26. The molecule has 0 bridgehead atoms.